The Bertz CT molecular complexity index is 665. The molecule has 0 saturated carbocycles. The zero-order valence-electron chi connectivity index (χ0n) is 13.0. The van der Waals surface area contributed by atoms with Gasteiger partial charge in [0.1, 0.15) is 11.3 Å². The van der Waals surface area contributed by atoms with Crippen molar-refractivity contribution in [2.24, 2.45) is 0 Å². The first-order chi connectivity index (χ1) is 10.7. The molecule has 1 saturated heterocycles. The second-order valence-corrected chi connectivity index (χ2v) is 5.94. The predicted octanol–water partition coefficient (Wildman–Crippen LogP) is 2.24. The van der Waals surface area contributed by atoms with Gasteiger partial charge in [0.05, 0.1) is 19.8 Å². The third-order valence-electron chi connectivity index (χ3n) is 4.20. The van der Waals surface area contributed by atoms with Gasteiger partial charge in [-0.15, -0.1) is 0 Å². The second-order valence-electron chi connectivity index (χ2n) is 5.94. The molecular weight excluding hydrogens is 280 g/mol. The van der Waals surface area contributed by atoms with Crippen LogP contribution < -0.4 is 15.4 Å². The van der Waals surface area contributed by atoms with E-state index in [0.717, 1.165) is 41.7 Å². The van der Waals surface area contributed by atoms with Crippen LogP contribution in [-0.2, 0) is 11.2 Å². The van der Waals surface area contributed by atoms with E-state index in [-0.39, 0.29) is 11.9 Å². The Hall–Kier alpha value is -2.01. The van der Waals surface area contributed by atoms with E-state index in [1.807, 2.05) is 18.2 Å². The molecule has 0 radical (unpaired) electrons. The molecule has 1 amide bonds. The molecule has 3 rings (SSSR count). The summed E-state index contributed by atoms with van der Waals surface area (Å²) < 4.78 is 10.7. The molecule has 1 fully saturated rings. The number of carbonyl (C=O) groups is 1. The maximum Gasteiger partial charge on any atom is 0.224 e. The van der Waals surface area contributed by atoms with Gasteiger partial charge in [-0.05, 0) is 38.4 Å². The maximum absolute atomic E-state index is 12.3. The van der Waals surface area contributed by atoms with Crippen LogP contribution in [0, 0.1) is 0 Å². The summed E-state index contributed by atoms with van der Waals surface area (Å²) >= 11 is 0. The minimum Gasteiger partial charge on any atom is -0.497 e. The lowest BCUT2D eigenvalue weighted by Crippen LogP contribution is -2.46. The number of nitrogens with one attached hydrogen (secondary N) is 2. The summed E-state index contributed by atoms with van der Waals surface area (Å²) in [5, 5.41) is 7.48. The highest BCUT2D eigenvalue weighted by molar-refractivity contribution is 5.88. The first kappa shape index (κ1) is 14.9. The largest absolute Gasteiger partial charge is 0.497 e. The number of furan rings is 1. The van der Waals surface area contributed by atoms with E-state index in [2.05, 4.69) is 17.6 Å². The van der Waals surface area contributed by atoms with Crippen LogP contribution in [0.2, 0.25) is 0 Å². The highest BCUT2D eigenvalue weighted by Crippen LogP contribution is 2.25. The molecule has 22 heavy (non-hydrogen) atoms. The monoisotopic (exact) mass is 302 g/mol. The first-order valence-corrected chi connectivity index (χ1v) is 7.72. The van der Waals surface area contributed by atoms with Crippen molar-refractivity contribution in [1.82, 2.24) is 10.6 Å². The Morgan fingerprint density at radius 3 is 3.14 bits per heavy atom. The fraction of sp³-hybridized carbons (Fsp3) is 0.471. The van der Waals surface area contributed by atoms with Gasteiger partial charge in [-0.3, -0.25) is 4.79 Å². The van der Waals surface area contributed by atoms with Crippen LogP contribution >= 0.6 is 0 Å². The van der Waals surface area contributed by atoms with Gasteiger partial charge < -0.3 is 19.8 Å². The van der Waals surface area contributed by atoms with Gasteiger partial charge in [-0.2, -0.15) is 0 Å². The van der Waals surface area contributed by atoms with Crippen molar-refractivity contribution in [3.05, 3.63) is 30.0 Å². The second kappa shape index (κ2) is 6.40. The predicted molar refractivity (Wildman–Crippen MR) is 85.1 cm³/mol. The molecule has 1 aliphatic heterocycles. The summed E-state index contributed by atoms with van der Waals surface area (Å²) in [5.41, 5.74) is 1.66. The zero-order chi connectivity index (χ0) is 15.5. The van der Waals surface area contributed by atoms with Crippen molar-refractivity contribution >= 4 is 16.9 Å². The number of piperidine rings is 1. The number of rotatable bonds is 4. The fourth-order valence-electron chi connectivity index (χ4n) is 3.04. The minimum atomic E-state index is 0.0534. The van der Waals surface area contributed by atoms with Crippen molar-refractivity contribution in [1.29, 1.82) is 0 Å². The van der Waals surface area contributed by atoms with E-state index in [4.69, 9.17) is 9.15 Å². The molecule has 0 spiro atoms. The lowest BCUT2D eigenvalue weighted by Gasteiger charge is -2.28. The molecule has 5 nitrogen and oxygen atoms in total. The van der Waals surface area contributed by atoms with Crippen molar-refractivity contribution in [2.45, 2.75) is 38.3 Å². The van der Waals surface area contributed by atoms with E-state index in [1.165, 1.54) is 0 Å². The maximum atomic E-state index is 12.3. The SMILES string of the molecule is COc1ccc2c(CC(=O)NC3CCNC(C)C3)coc2c1. The van der Waals surface area contributed by atoms with Crippen LogP contribution in [-0.4, -0.2) is 31.6 Å². The Kier molecular flexibility index (Phi) is 4.34. The van der Waals surface area contributed by atoms with Crippen molar-refractivity contribution in [3.8, 4) is 5.75 Å². The van der Waals surface area contributed by atoms with E-state index in [1.54, 1.807) is 13.4 Å². The van der Waals surface area contributed by atoms with Gasteiger partial charge in [0.25, 0.3) is 0 Å². The number of ether oxygens (including phenoxy) is 1. The molecule has 1 aliphatic rings. The number of hydrogen-bond donors (Lipinski definition) is 2. The van der Waals surface area contributed by atoms with Crippen LogP contribution in [0.15, 0.2) is 28.9 Å². The molecule has 2 unspecified atom stereocenters. The van der Waals surface area contributed by atoms with Crippen LogP contribution in [0.5, 0.6) is 5.75 Å². The fourth-order valence-corrected chi connectivity index (χ4v) is 3.04. The highest BCUT2D eigenvalue weighted by Gasteiger charge is 2.20. The molecule has 5 heteroatoms. The molecule has 2 atom stereocenters. The normalized spacial score (nSPS) is 21.7. The lowest BCUT2D eigenvalue weighted by molar-refractivity contribution is -0.121. The average molecular weight is 302 g/mol. The summed E-state index contributed by atoms with van der Waals surface area (Å²) in [6, 6.07) is 6.38. The lowest BCUT2D eigenvalue weighted by atomic mass is 10.00. The number of fused-ring (bicyclic) bond motifs is 1. The Labute approximate surface area is 130 Å². The third-order valence-corrected chi connectivity index (χ3v) is 4.20. The van der Waals surface area contributed by atoms with Gasteiger partial charge in [-0.25, -0.2) is 0 Å². The minimum absolute atomic E-state index is 0.0534. The van der Waals surface area contributed by atoms with Crippen LogP contribution in [0.25, 0.3) is 11.0 Å². The summed E-state index contributed by atoms with van der Waals surface area (Å²) in [7, 11) is 1.62. The van der Waals surface area contributed by atoms with Gasteiger partial charge in [-0.1, -0.05) is 0 Å². The summed E-state index contributed by atoms with van der Waals surface area (Å²) in [4.78, 5) is 12.3. The average Bonchev–Trinajstić information content (AvgIpc) is 2.89. The molecule has 0 aliphatic carbocycles. The van der Waals surface area contributed by atoms with Gasteiger partial charge in [0.15, 0.2) is 0 Å². The number of hydrogen-bond acceptors (Lipinski definition) is 4. The van der Waals surface area contributed by atoms with Crippen molar-refractivity contribution in [3.63, 3.8) is 0 Å². The van der Waals surface area contributed by atoms with E-state index in [0.29, 0.717) is 12.5 Å². The summed E-state index contributed by atoms with van der Waals surface area (Å²) in [6.07, 6.45) is 3.97. The van der Waals surface area contributed by atoms with E-state index < -0.39 is 0 Å². The van der Waals surface area contributed by atoms with Gasteiger partial charge >= 0.3 is 0 Å². The standard InChI is InChI=1S/C17H22N2O3/c1-11-7-13(5-6-18-11)19-17(20)8-12-10-22-16-9-14(21-2)3-4-15(12)16/h3-4,9-11,13,18H,5-8H2,1-2H3,(H,19,20). The first-order valence-electron chi connectivity index (χ1n) is 7.72. The molecule has 2 aromatic rings. The molecule has 0 bridgehead atoms. The van der Waals surface area contributed by atoms with Crippen molar-refractivity contribution < 1.29 is 13.9 Å². The molecule has 1 aromatic heterocycles. The molecule has 118 valence electrons. The summed E-state index contributed by atoms with van der Waals surface area (Å²) in [5.74, 6) is 0.805. The quantitative estimate of drug-likeness (QED) is 0.909. The zero-order valence-corrected chi connectivity index (χ0v) is 13.0. The number of amides is 1. The number of benzene rings is 1. The molecule has 2 heterocycles. The smallest absolute Gasteiger partial charge is 0.224 e. The Morgan fingerprint density at radius 1 is 1.50 bits per heavy atom. The topological polar surface area (TPSA) is 63.5 Å². The van der Waals surface area contributed by atoms with E-state index in [9.17, 15) is 4.79 Å². The van der Waals surface area contributed by atoms with Crippen LogP contribution in [0.3, 0.4) is 0 Å². The highest BCUT2D eigenvalue weighted by atomic mass is 16.5. The Balaban J connectivity index is 1.66. The molecular formula is C17H22N2O3. The van der Waals surface area contributed by atoms with Gasteiger partial charge in [0, 0.05) is 29.1 Å². The molecule has 1 aromatic carbocycles. The number of methoxy groups -OCH3 is 1. The third kappa shape index (κ3) is 3.25. The van der Waals surface area contributed by atoms with E-state index >= 15 is 0 Å². The van der Waals surface area contributed by atoms with Gasteiger partial charge in [0.2, 0.25) is 5.91 Å². The van der Waals surface area contributed by atoms with Crippen LogP contribution in [0.1, 0.15) is 25.3 Å². The van der Waals surface area contributed by atoms with Crippen molar-refractivity contribution in [2.75, 3.05) is 13.7 Å². The number of carbonyl (C=O) groups excluding carboxylic acids is 1. The molecule has 2 N–H and O–H groups in total. The van der Waals surface area contributed by atoms with Crippen LogP contribution in [0.4, 0.5) is 0 Å². The summed E-state index contributed by atoms with van der Waals surface area (Å²) in [6.45, 7) is 3.11. The Morgan fingerprint density at radius 2 is 2.36 bits per heavy atom.